The number of halogens is 1. The molecule has 0 aliphatic carbocycles. The molecule has 3 aromatic rings. The maximum absolute atomic E-state index is 13.1. The molecule has 3 aromatic carbocycles. The van der Waals surface area contributed by atoms with Gasteiger partial charge in [0.15, 0.2) is 0 Å². The molecule has 0 radical (unpaired) electrons. The van der Waals surface area contributed by atoms with Crippen molar-refractivity contribution in [2.24, 2.45) is 0 Å². The largest absolute Gasteiger partial charge is 0.497 e. The first-order valence-electron chi connectivity index (χ1n) is 9.76. The molecule has 1 unspecified atom stereocenters. The second-order valence-corrected chi connectivity index (χ2v) is 8.22. The molecule has 6 nitrogen and oxygen atoms in total. The average Bonchev–Trinajstić information content (AvgIpc) is 2.79. The number of benzene rings is 3. The fourth-order valence-corrected chi connectivity index (χ4v) is 3.78. The number of carbonyl (C=O) groups excluding carboxylic acids is 2. The molecule has 2 N–H and O–H groups in total. The van der Waals surface area contributed by atoms with Crippen LogP contribution >= 0.6 is 11.8 Å². The minimum atomic E-state index is -0.422. The van der Waals surface area contributed by atoms with E-state index >= 15 is 0 Å². The van der Waals surface area contributed by atoms with Crippen LogP contribution in [-0.4, -0.2) is 31.3 Å². The molecule has 32 heavy (non-hydrogen) atoms. The molecule has 0 aliphatic rings. The van der Waals surface area contributed by atoms with E-state index in [1.807, 2.05) is 6.07 Å². The number of carbonyl (C=O) groups is 2. The van der Waals surface area contributed by atoms with Crippen LogP contribution in [-0.2, 0) is 4.79 Å². The Labute approximate surface area is 190 Å². The number of thioether (sulfide) groups is 1. The molecule has 0 fully saturated rings. The van der Waals surface area contributed by atoms with Gasteiger partial charge in [-0.25, -0.2) is 4.39 Å². The van der Waals surface area contributed by atoms with Crippen LogP contribution in [0.25, 0.3) is 0 Å². The first kappa shape index (κ1) is 23.1. The molecule has 166 valence electrons. The lowest BCUT2D eigenvalue weighted by molar-refractivity contribution is -0.115. The van der Waals surface area contributed by atoms with E-state index in [0.717, 1.165) is 4.90 Å². The summed E-state index contributed by atoms with van der Waals surface area (Å²) in [7, 11) is 3.08. The lowest BCUT2D eigenvalue weighted by Gasteiger charge is -2.15. The topological polar surface area (TPSA) is 76.7 Å². The number of nitrogens with one attached hydrogen (secondary N) is 2. The van der Waals surface area contributed by atoms with Gasteiger partial charge in [0.2, 0.25) is 5.91 Å². The number of rotatable bonds is 8. The van der Waals surface area contributed by atoms with Crippen molar-refractivity contribution in [3.05, 3.63) is 78.1 Å². The standard InChI is InChI=1S/C24H23FN2O4S/c1-15(23(28)27-21-14-19(30-2)11-12-22(21)31-3)32-20-6-4-5-18(13-20)26-24(29)16-7-9-17(25)10-8-16/h4-15H,1-3H3,(H,26,29)(H,27,28). The predicted molar refractivity (Wildman–Crippen MR) is 124 cm³/mol. The van der Waals surface area contributed by atoms with E-state index < -0.39 is 11.1 Å². The zero-order valence-electron chi connectivity index (χ0n) is 17.8. The SMILES string of the molecule is COc1ccc(OC)c(NC(=O)C(C)Sc2cccc(NC(=O)c3ccc(F)cc3)c2)c1. The van der Waals surface area contributed by atoms with E-state index in [1.165, 1.54) is 43.1 Å². The summed E-state index contributed by atoms with van der Waals surface area (Å²) in [6, 6.07) is 17.6. The van der Waals surface area contributed by atoms with Crippen molar-refractivity contribution in [3.8, 4) is 11.5 Å². The van der Waals surface area contributed by atoms with E-state index in [1.54, 1.807) is 50.4 Å². The van der Waals surface area contributed by atoms with E-state index in [2.05, 4.69) is 10.6 Å². The van der Waals surface area contributed by atoms with Crippen molar-refractivity contribution in [2.45, 2.75) is 17.1 Å². The molecule has 0 spiro atoms. The second-order valence-electron chi connectivity index (χ2n) is 6.80. The van der Waals surface area contributed by atoms with Gasteiger partial charge in [0.25, 0.3) is 5.91 Å². The summed E-state index contributed by atoms with van der Waals surface area (Å²) in [6.45, 7) is 1.79. The van der Waals surface area contributed by atoms with Gasteiger partial charge < -0.3 is 20.1 Å². The van der Waals surface area contributed by atoms with Crippen molar-refractivity contribution in [3.63, 3.8) is 0 Å². The van der Waals surface area contributed by atoms with Gasteiger partial charge in [-0.15, -0.1) is 11.8 Å². The van der Waals surface area contributed by atoms with Crippen LogP contribution in [0.5, 0.6) is 11.5 Å². The van der Waals surface area contributed by atoms with Crippen LogP contribution < -0.4 is 20.1 Å². The molecule has 0 aromatic heterocycles. The van der Waals surface area contributed by atoms with Gasteiger partial charge in [0.1, 0.15) is 17.3 Å². The van der Waals surface area contributed by atoms with Gasteiger partial charge in [0, 0.05) is 22.2 Å². The van der Waals surface area contributed by atoms with E-state index in [4.69, 9.17) is 9.47 Å². The fourth-order valence-electron chi connectivity index (χ4n) is 2.86. The highest BCUT2D eigenvalue weighted by Crippen LogP contribution is 2.31. The monoisotopic (exact) mass is 454 g/mol. The number of methoxy groups -OCH3 is 2. The first-order valence-corrected chi connectivity index (χ1v) is 10.6. The van der Waals surface area contributed by atoms with Gasteiger partial charge in [-0.1, -0.05) is 6.07 Å². The summed E-state index contributed by atoms with van der Waals surface area (Å²) >= 11 is 1.35. The Hall–Kier alpha value is -3.52. The van der Waals surface area contributed by atoms with Crippen molar-refractivity contribution in [1.82, 2.24) is 0 Å². The quantitative estimate of drug-likeness (QED) is 0.457. The van der Waals surface area contributed by atoms with Crippen LogP contribution in [0.4, 0.5) is 15.8 Å². The normalized spacial score (nSPS) is 11.4. The third kappa shape index (κ3) is 6.01. The van der Waals surface area contributed by atoms with E-state index in [9.17, 15) is 14.0 Å². The maximum Gasteiger partial charge on any atom is 0.255 e. The van der Waals surface area contributed by atoms with Crippen molar-refractivity contribution >= 4 is 35.0 Å². The first-order chi connectivity index (χ1) is 15.4. The van der Waals surface area contributed by atoms with Crippen molar-refractivity contribution < 1.29 is 23.5 Å². The zero-order chi connectivity index (χ0) is 23.1. The Balaban J connectivity index is 1.65. The lowest BCUT2D eigenvalue weighted by Crippen LogP contribution is -2.22. The van der Waals surface area contributed by atoms with Crippen LogP contribution in [0.2, 0.25) is 0 Å². The Morgan fingerprint density at radius 3 is 2.38 bits per heavy atom. The highest BCUT2D eigenvalue weighted by atomic mass is 32.2. The highest BCUT2D eigenvalue weighted by molar-refractivity contribution is 8.00. The lowest BCUT2D eigenvalue weighted by atomic mass is 10.2. The van der Waals surface area contributed by atoms with Gasteiger partial charge in [-0.3, -0.25) is 9.59 Å². The Morgan fingerprint density at radius 2 is 1.69 bits per heavy atom. The van der Waals surface area contributed by atoms with Gasteiger partial charge in [0.05, 0.1) is 25.2 Å². The van der Waals surface area contributed by atoms with Crippen LogP contribution in [0.3, 0.4) is 0 Å². The number of ether oxygens (including phenoxy) is 2. The van der Waals surface area contributed by atoms with Crippen LogP contribution in [0, 0.1) is 5.82 Å². The molecular formula is C24H23FN2O4S. The number of amides is 2. The maximum atomic E-state index is 13.1. The van der Waals surface area contributed by atoms with Gasteiger partial charge in [-0.05, 0) is 61.5 Å². The molecule has 0 saturated carbocycles. The van der Waals surface area contributed by atoms with E-state index in [-0.39, 0.29) is 11.8 Å². The Bertz CT molecular complexity index is 1110. The smallest absolute Gasteiger partial charge is 0.255 e. The molecule has 1 atom stereocenters. The molecule has 0 saturated heterocycles. The summed E-state index contributed by atoms with van der Waals surface area (Å²) in [5.41, 5.74) is 1.44. The van der Waals surface area contributed by atoms with Crippen molar-refractivity contribution in [2.75, 3.05) is 24.9 Å². The molecule has 0 heterocycles. The summed E-state index contributed by atoms with van der Waals surface area (Å²) < 4.78 is 23.6. The average molecular weight is 455 g/mol. The molecule has 0 bridgehead atoms. The molecule has 2 amide bonds. The molecule has 3 rings (SSSR count). The predicted octanol–water partition coefficient (Wildman–Crippen LogP) is 5.21. The number of hydrogen-bond donors (Lipinski definition) is 2. The third-order valence-electron chi connectivity index (χ3n) is 4.54. The molecule has 8 heteroatoms. The summed E-state index contributed by atoms with van der Waals surface area (Å²) in [5.74, 6) is 0.178. The molecule has 0 aliphatic heterocycles. The zero-order valence-corrected chi connectivity index (χ0v) is 18.7. The highest BCUT2D eigenvalue weighted by Gasteiger charge is 2.17. The van der Waals surface area contributed by atoms with Crippen molar-refractivity contribution in [1.29, 1.82) is 0 Å². The minimum absolute atomic E-state index is 0.206. The van der Waals surface area contributed by atoms with Crippen LogP contribution in [0.1, 0.15) is 17.3 Å². The summed E-state index contributed by atoms with van der Waals surface area (Å²) in [5, 5.41) is 5.22. The Kier molecular flexibility index (Phi) is 7.72. The Morgan fingerprint density at radius 1 is 0.938 bits per heavy atom. The van der Waals surface area contributed by atoms with Gasteiger partial charge in [-0.2, -0.15) is 0 Å². The number of hydrogen-bond acceptors (Lipinski definition) is 5. The minimum Gasteiger partial charge on any atom is -0.497 e. The summed E-state index contributed by atoms with van der Waals surface area (Å²) in [4.78, 5) is 25.9. The van der Waals surface area contributed by atoms with Crippen LogP contribution in [0.15, 0.2) is 71.6 Å². The van der Waals surface area contributed by atoms with E-state index in [0.29, 0.717) is 28.4 Å². The molecular weight excluding hydrogens is 431 g/mol. The number of anilines is 2. The fraction of sp³-hybridized carbons (Fsp3) is 0.167. The van der Waals surface area contributed by atoms with Gasteiger partial charge >= 0.3 is 0 Å². The third-order valence-corrected chi connectivity index (χ3v) is 5.64. The second kappa shape index (κ2) is 10.7. The summed E-state index contributed by atoms with van der Waals surface area (Å²) in [6.07, 6.45) is 0.